The smallest absolute Gasteiger partial charge is 0.215 e. The van der Waals surface area contributed by atoms with Crippen LogP contribution in [-0.4, -0.2) is 66.8 Å². The number of H-pyrrole nitrogens is 1. The number of aromatic nitrogens is 1. The Bertz CT molecular complexity index is 1350. The first-order valence-corrected chi connectivity index (χ1v) is 13.9. The molecule has 0 aliphatic carbocycles. The zero-order chi connectivity index (χ0) is 25.6. The number of hydrogen-bond acceptors (Lipinski definition) is 4. The van der Waals surface area contributed by atoms with Gasteiger partial charge in [-0.1, -0.05) is 18.2 Å². The number of hydrogen-bond donors (Lipinski definition) is 1. The van der Waals surface area contributed by atoms with Gasteiger partial charge in [0.1, 0.15) is 23.5 Å². The Labute approximate surface area is 209 Å². The van der Waals surface area contributed by atoms with Crippen molar-refractivity contribution in [3.63, 3.8) is 0 Å². The molecule has 194 valence electrons. The van der Waals surface area contributed by atoms with Crippen molar-refractivity contribution in [1.82, 2.24) is 14.2 Å². The molecule has 5 rings (SSSR count). The highest BCUT2D eigenvalue weighted by molar-refractivity contribution is 7.89. The number of sulfonamides is 1. The molecule has 0 unspecified atom stereocenters. The van der Waals surface area contributed by atoms with Crippen molar-refractivity contribution < 1.29 is 26.3 Å². The fourth-order valence-corrected chi connectivity index (χ4v) is 6.90. The number of rotatable bonds is 8. The normalized spacial score (nSPS) is 21.5. The van der Waals surface area contributed by atoms with Crippen LogP contribution in [-0.2, 0) is 16.4 Å². The average molecular weight is 522 g/mol. The SMILES string of the molecule is CCS(=O)(=O)N1[C@H](c2c(F)cc(OC3CN(CCCF)C3)cc2F)c2[nH]c3ccccc3c2C[C@H]1C. The lowest BCUT2D eigenvalue weighted by atomic mass is 9.90. The molecule has 2 aliphatic rings. The Morgan fingerprint density at radius 1 is 1.14 bits per heavy atom. The molecule has 36 heavy (non-hydrogen) atoms. The van der Waals surface area contributed by atoms with E-state index in [1.54, 1.807) is 6.92 Å². The van der Waals surface area contributed by atoms with Crippen LogP contribution in [0.5, 0.6) is 5.75 Å². The summed E-state index contributed by atoms with van der Waals surface area (Å²) in [6.07, 6.45) is 0.638. The highest BCUT2D eigenvalue weighted by Gasteiger charge is 2.44. The molecule has 3 heterocycles. The standard InChI is InChI=1S/C26H30F3N3O3S/c1-3-36(33,34)32-16(2)11-20-19-7-4-5-8-23(19)30-25(20)26(32)24-21(28)12-17(13-22(24)29)35-18-14-31(15-18)10-6-9-27/h4-5,7-8,12-13,16,18,26,30H,3,6,9-11,14-15H2,1-2H3/t16-,26-/m1/s1. The van der Waals surface area contributed by atoms with Gasteiger partial charge >= 0.3 is 0 Å². The molecule has 1 aromatic heterocycles. The number of ether oxygens (including phenoxy) is 1. The summed E-state index contributed by atoms with van der Waals surface area (Å²) in [5.41, 5.74) is 1.82. The van der Waals surface area contributed by atoms with E-state index in [4.69, 9.17) is 4.74 Å². The summed E-state index contributed by atoms with van der Waals surface area (Å²) < 4.78 is 77.0. The van der Waals surface area contributed by atoms with Gasteiger partial charge in [0.15, 0.2) is 0 Å². The van der Waals surface area contributed by atoms with E-state index in [-0.39, 0.29) is 29.8 Å². The molecule has 1 fully saturated rings. The maximum absolute atomic E-state index is 15.6. The van der Waals surface area contributed by atoms with Crippen LogP contribution in [0.2, 0.25) is 0 Å². The lowest BCUT2D eigenvalue weighted by molar-refractivity contribution is 0.0180. The summed E-state index contributed by atoms with van der Waals surface area (Å²) in [5, 5.41) is 0.918. The maximum atomic E-state index is 15.6. The summed E-state index contributed by atoms with van der Waals surface area (Å²) in [6, 6.07) is 8.13. The van der Waals surface area contributed by atoms with E-state index in [1.807, 2.05) is 29.2 Å². The Morgan fingerprint density at radius 2 is 1.83 bits per heavy atom. The van der Waals surface area contributed by atoms with E-state index in [0.29, 0.717) is 38.2 Å². The molecule has 0 saturated carbocycles. The highest BCUT2D eigenvalue weighted by atomic mass is 32.2. The number of fused-ring (bicyclic) bond motifs is 3. The zero-order valence-corrected chi connectivity index (χ0v) is 21.1. The van der Waals surface area contributed by atoms with Crippen LogP contribution in [0.3, 0.4) is 0 Å². The molecule has 0 amide bonds. The molecule has 10 heteroatoms. The molecule has 6 nitrogen and oxygen atoms in total. The summed E-state index contributed by atoms with van der Waals surface area (Å²) in [6.45, 7) is 4.65. The molecule has 0 bridgehead atoms. The predicted octanol–water partition coefficient (Wildman–Crippen LogP) is 4.55. The molecule has 1 N–H and O–H groups in total. The van der Waals surface area contributed by atoms with Gasteiger partial charge in [0.25, 0.3) is 0 Å². The van der Waals surface area contributed by atoms with Crippen LogP contribution in [0.4, 0.5) is 13.2 Å². The van der Waals surface area contributed by atoms with Crippen molar-refractivity contribution in [2.75, 3.05) is 32.1 Å². The van der Waals surface area contributed by atoms with Crippen LogP contribution in [0.15, 0.2) is 36.4 Å². The summed E-state index contributed by atoms with van der Waals surface area (Å²) in [7, 11) is -3.80. The van der Waals surface area contributed by atoms with Crippen molar-refractivity contribution in [3.05, 3.63) is 64.9 Å². The van der Waals surface area contributed by atoms with Gasteiger partial charge < -0.3 is 9.72 Å². The summed E-state index contributed by atoms with van der Waals surface area (Å²) in [4.78, 5) is 5.26. The Hall–Kier alpha value is -2.56. The number of aromatic amines is 1. The number of alkyl halides is 1. The van der Waals surface area contributed by atoms with Gasteiger partial charge in [0, 0.05) is 60.0 Å². The molecule has 2 aliphatic heterocycles. The van der Waals surface area contributed by atoms with Gasteiger partial charge in [-0.05, 0) is 38.3 Å². The largest absolute Gasteiger partial charge is 0.488 e. The van der Waals surface area contributed by atoms with E-state index in [9.17, 15) is 12.8 Å². The van der Waals surface area contributed by atoms with E-state index in [0.717, 1.165) is 28.6 Å². The number of halogens is 3. The summed E-state index contributed by atoms with van der Waals surface area (Å²) in [5.74, 6) is -1.86. The number of benzene rings is 2. The van der Waals surface area contributed by atoms with Gasteiger partial charge in [-0.25, -0.2) is 17.2 Å². The topological polar surface area (TPSA) is 65.6 Å². The minimum Gasteiger partial charge on any atom is -0.488 e. The Balaban J connectivity index is 1.53. The molecular formula is C26H30F3N3O3S. The van der Waals surface area contributed by atoms with E-state index >= 15 is 8.78 Å². The van der Waals surface area contributed by atoms with Crippen LogP contribution in [0, 0.1) is 11.6 Å². The quantitative estimate of drug-likeness (QED) is 0.472. The van der Waals surface area contributed by atoms with E-state index in [1.165, 1.54) is 11.2 Å². The van der Waals surface area contributed by atoms with Gasteiger partial charge in [-0.2, -0.15) is 4.31 Å². The maximum Gasteiger partial charge on any atom is 0.215 e. The van der Waals surface area contributed by atoms with Gasteiger partial charge in [0.05, 0.1) is 18.5 Å². The first kappa shape index (κ1) is 25.1. The van der Waals surface area contributed by atoms with Crippen molar-refractivity contribution in [1.29, 1.82) is 0 Å². The molecule has 0 radical (unpaired) electrons. The van der Waals surface area contributed by atoms with Crippen LogP contribution < -0.4 is 4.74 Å². The fourth-order valence-electron chi connectivity index (χ4n) is 5.44. The number of nitrogens with zero attached hydrogens (tertiary/aromatic N) is 2. The first-order valence-electron chi connectivity index (χ1n) is 12.3. The second kappa shape index (κ2) is 9.72. The molecule has 2 atom stereocenters. The van der Waals surface area contributed by atoms with Gasteiger partial charge in [-0.3, -0.25) is 9.29 Å². The third-order valence-corrected chi connectivity index (χ3v) is 9.10. The van der Waals surface area contributed by atoms with Crippen molar-refractivity contribution in [2.24, 2.45) is 0 Å². The van der Waals surface area contributed by atoms with E-state index in [2.05, 4.69) is 4.98 Å². The van der Waals surface area contributed by atoms with Crippen molar-refractivity contribution in [2.45, 2.75) is 44.9 Å². The van der Waals surface area contributed by atoms with Gasteiger partial charge in [-0.15, -0.1) is 0 Å². The predicted molar refractivity (Wildman–Crippen MR) is 132 cm³/mol. The second-order valence-electron chi connectivity index (χ2n) is 9.59. The molecule has 3 aromatic rings. The highest BCUT2D eigenvalue weighted by Crippen LogP contribution is 2.44. The number of likely N-dealkylation sites (tertiary alicyclic amines) is 1. The third-order valence-electron chi connectivity index (χ3n) is 7.15. The lowest BCUT2D eigenvalue weighted by Gasteiger charge is -2.40. The van der Waals surface area contributed by atoms with Gasteiger partial charge in [0.2, 0.25) is 10.0 Å². The molecular weight excluding hydrogens is 491 g/mol. The zero-order valence-electron chi connectivity index (χ0n) is 20.3. The fraction of sp³-hybridized carbons (Fsp3) is 0.462. The summed E-state index contributed by atoms with van der Waals surface area (Å²) >= 11 is 0. The lowest BCUT2D eigenvalue weighted by Crippen LogP contribution is -2.53. The van der Waals surface area contributed by atoms with Crippen molar-refractivity contribution in [3.8, 4) is 5.75 Å². The average Bonchev–Trinajstić information content (AvgIpc) is 3.18. The van der Waals surface area contributed by atoms with Crippen LogP contribution >= 0.6 is 0 Å². The monoisotopic (exact) mass is 521 g/mol. The minimum atomic E-state index is -3.80. The Kier molecular flexibility index (Phi) is 6.78. The minimum absolute atomic E-state index is 0.0505. The molecule has 1 saturated heterocycles. The number of para-hydroxylation sites is 1. The van der Waals surface area contributed by atoms with Crippen LogP contribution in [0.1, 0.15) is 43.1 Å². The number of nitrogens with one attached hydrogen (secondary N) is 1. The molecule has 0 spiro atoms. The third kappa shape index (κ3) is 4.39. The van der Waals surface area contributed by atoms with E-state index < -0.39 is 33.7 Å². The molecule has 2 aromatic carbocycles. The second-order valence-corrected chi connectivity index (χ2v) is 11.8. The van der Waals surface area contributed by atoms with Crippen LogP contribution in [0.25, 0.3) is 10.9 Å². The van der Waals surface area contributed by atoms with Crippen molar-refractivity contribution >= 4 is 20.9 Å². The first-order chi connectivity index (χ1) is 17.2. The Morgan fingerprint density at radius 3 is 2.50 bits per heavy atom.